The third kappa shape index (κ3) is 4.85. The van der Waals surface area contributed by atoms with Crippen LogP contribution in [0.2, 0.25) is 0 Å². The Kier molecular flexibility index (Phi) is 6.98. The van der Waals surface area contributed by atoms with Crippen LogP contribution in [-0.4, -0.2) is 68.8 Å². The van der Waals surface area contributed by atoms with E-state index in [0.29, 0.717) is 24.5 Å². The largest absolute Gasteiger partial charge is 0.490 e. The first-order valence-corrected chi connectivity index (χ1v) is 13.3. The molecule has 6 rings (SSSR count). The van der Waals surface area contributed by atoms with E-state index in [1.807, 2.05) is 48.5 Å². The number of amides is 1. The standard InChI is InChI=1S/C30H32N4O4/c1-31-30(35)23-5-2-4-20-18-21(6-7-22(20)23)38-26-8-10-33-25-19-27(29-24(28(25)26)9-17-37-29)36-16-3-13-34-14-11-32-12-15-34/h2,4-8,10,18-19,32H,3,9,11-17H2,1H3,(H,31,35). The molecule has 0 bridgehead atoms. The molecule has 0 spiro atoms. The second-order valence-corrected chi connectivity index (χ2v) is 9.65. The number of hydrogen-bond acceptors (Lipinski definition) is 7. The Balaban J connectivity index is 1.25. The zero-order valence-electron chi connectivity index (χ0n) is 21.6. The van der Waals surface area contributed by atoms with Gasteiger partial charge < -0.3 is 29.7 Å². The smallest absolute Gasteiger partial charge is 0.251 e. The minimum Gasteiger partial charge on any atom is -0.490 e. The van der Waals surface area contributed by atoms with Crippen molar-refractivity contribution >= 4 is 27.6 Å². The predicted molar refractivity (Wildman–Crippen MR) is 148 cm³/mol. The second-order valence-electron chi connectivity index (χ2n) is 9.65. The van der Waals surface area contributed by atoms with Gasteiger partial charge in [0.2, 0.25) is 0 Å². The van der Waals surface area contributed by atoms with Crippen LogP contribution in [0.15, 0.2) is 54.7 Å². The van der Waals surface area contributed by atoms with Crippen LogP contribution in [-0.2, 0) is 6.42 Å². The van der Waals surface area contributed by atoms with E-state index in [2.05, 4.69) is 20.5 Å². The van der Waals surface area contributed by atoms with Gasteiger partial charge in [-0.25, -0.2) is 0 Å². The highest BCUT2D eigenvalue weighted by molar-refractivity contribution is 6.07. The molecule has 0 unspecified atom stereocenters. The van der Waals surface area contributed by atoms with Crippen molar-refractivity contribution in [2.24, 2.45) is 0 Å². The summed E-state index contributed by atoms with van der Waals surface area (Å²) in [4.78, 5) is 19.4. The van der Waals surface area contributed by atoms with Gasteiger partial charge in [-0.05, 0) is 47.5 Å². The van der Waals surface area contributed by atoms with E-state index in [0.717, 1.165) is 90.1 Å². The minimum absolute atomic E-state index is 0.109. The molecule has 3 heterocycles. The predicted octanol–water partition coefficient (Wildman–Crippen LogP) is 4.15. The van der Waals surface area contributed by atoms with E-state index < -0.39 is 0 Å². The van der Waals surface area contributed by atoms with Gasteiger partial charge in [0, 0.05) is 69.6 Å². The molecule has 0 atom stereocenters. The minimum atomic E-state index is -0.109. The number of nitrogens with zero attached hydrogens (tertiary/aromatic N) is 2. The van der Waals surface area contributed by atoms with E-state index in [1.165, 1.54) is 0 Å². The molecule has 2 aliphatic rings. The molecule has 196 valence electrons. The fourth-order valence-electron chi connectivity index (χ4n) is 5.36. The molecule has 1 fully saturated rings. The molecular formula is C30H32N4O4. The van der Waals surface area contributed by atoms with Gasteiger partial charge in [0.25, 0.3) is 5.91 Å². The Morgan fingerprint density at radius 1 is 1.13 bits per heavy atom. The lowest BCUT2D eigenvalue weighted by Gasteiger charge is -2.27. The molecule has 38 heavy (non-hydrogen) atoms. The average Bonchev–Trinajstić information content (AvgIpc) is 3.45. The maximum Gasteiger partial charge on any atom is 0.251 e. The Morgan fingerprint density at radius 3 is 2.89 bits per heavy atom. The van der Waals surface area contributed by atoms with Crippen molar-refractivity contribution < 1.29 is 19.0 Å². The Labute approximate surface area is 221 Å². The third-order valence-corrected chi connectivity index (χ3v) is 7.25. The van der Waals surface area contributed by atoms with Crippen LogP contribution in [0.4, 0.5) is 0 Å². The third-order valence-electron chi connectivity index (χ3n) is 7.25. The highest BCUT2D eigenvalue weighted by Crippen LogP contribution is 2.44. The number of nitrogens with one attached hydrogen (secondary N) is 2. The number of rotatable bonds is 8. The number of benzene rings is 3. The van der Waals surface area contributed by atoms with Crippen LogP contribution in [0, 0.1) is 0 Å². The van der Waals surface area contributed by atoms with Crippen LogP contribution < -0.4 is 24.8 Å². The summed E-state index contributed by atoms with van der Waals surface area (Å²) in [7, 11) is 1.64. The summed E-state index contributed by atoms with van der Waals surface area (Å²) in [6, 6.07) is 15.3. The number of piperazine rings is 1. The molecule has 3 aromatic carbocycles. The molecule has 1 saturated heterocycles. The number of carbonyl (C=O) groups excluding carboxylic acids is 1. The number of aromatic nitrogens is 1. The molecule has 8 heteroatoms. The fourth-order valence-corrected chi connectivity index (χ4v) is 5.36. The maximum atomic E-state index is 12.3. The SMILES string of the molecule is CNC(=O)c1cccc2cc(Oc3ccnc4cc(OCCCN5CCNCC5)c5c(c34)CCO5)ccc12. The fraction of sp³-hybridized carbons (Fsp3) is 0.333. The van der Waals surface area contributed by atoms with Gasteiger partial charge in [0.1, 0.15) is 11.5 Å². The summed E-state index contributed by atoms with van der Waals surface area (Å²) in [6.07, 6.45) is 3.50. The van der Waals surface area contributed by atoms with Crippen LogP contribution in [0.5, 0.6) is 23.0 Å². The number of hydrogen-bond donors (Lipinski definition) is 2. The topological polar surface area (TPSA) is 85.0 Å². The van der Waals surface area contributed by atoms with Gasteiger partial charge in [-0.1, -0.05) is 12.1 Å². The number of carbonyl (C=O) groups is 1. The number of ether oxygens (including phenoxy) is 3. The molecule has 0 saturated carbocycles. The van der Waals surface area contributed by atoms with E-state index >= 15 is 0 Å². The Hall–Kier alpha value is -3.88. The van der Waals surface area contributed by atoms with Gasteiger partial charge in [0.15, 0.2) is 11.5 Å². The van der Waals surface area contributed by atoms with Crippen molar-refractivity contribution in [3.05, 3.63) is 65.9 Å². The zero-order valence-corrected chi connectivity index (χ0v) is 21.6. The molecule has 2 N–H and O–H groups in total. The summed E-state index contributed by atoms with van der Waals surface area (Å²) in [6.45, 7) is 6.57. The quantitative estimate of drug-likeness (QED) is 0.343. The van der Waals surface area contributed by atoms with Crippen LogP contribution >= 0.6 is 0 Å². The van der Waals surface area contributed by atoms with Crippen LogP contribution in [0.25, 0.3) is 21.7 Å². The lowest BCUT2D eigenvalue weighted by Crippen LogP contribution is -2.43. The number of fused-ring (bicyclic) bond motifs is 4. The average molecular weight is 513 g/mol. The molecule has 2 aliphatic heterocycles. The van der Waals surface area contributed by atoms with E-state index in [9.17, 15) is 4.79 Å². The lowest BCUT2D eigenvalue weighted by molar-refractivity contribution is 0.0964. The second kappa shape index (κ2) is 10.8. The Bertz CT molecular complexity index is 1480. The van der Waals surface area contributed by atoms with Crippen LogP contribution in [0.1, 0.15) is 22.3 Å². The first-order valence-electron chi connectivity index (χ1n) is 13.3. The first-order chi connectivity index (χ1) is 18.7. The van der Waals surface area contributed by atoms with Crippen molar-refractivity contribution in [1.82, 2.24) is 20.5 Å². The van der Waals surface area contributed by atoms with E-state index in [4.69, 9.17) is 14.2 Å². The lowest BCUT2D eigenvalue weighted by atomic mass is 10.0. The maximum absolute atomic E-state index is 12.3. The van der Waals surface area contributed by atoms with Gasteiger partial charge in [-0.15, -0.1) is 0 Å². The highest BCUT2D eigenvalue weighted by Gasteiger charge is 2.24. The normalized spacial score (nSPS) is 15.3. The van der Waals surface area contributed by atoms with Crippen molar-refractivity contribution in [1.29, 1.82) is 0 Å². The summed E-state index contributed by atoms with van der Waals surface area (Å²) >= 11 is 0. The zero-order chi connectivity index (χ0) is 25.9. The molecule has 0 aliphatic carbocycles. The summed E-state index contributed by atoms with van der Waals surface area (Å²) in [5, 5.41) is 8.86. The van der Waals surface area contributed by atoms with Gasteiger partial charge >= 0.3 is 0 Å². The van der Waals surface area contributed by atoms with Gasteiger partial charge in [-0.2, -0.15) is 0 Å². The molecule has 1 amide bonds. The Morgan fingerprint density at radius 2 is 2.03 bits per heavy atom. The summed E-state index contributed by atoms with van der Waals surface area (Å²) < 4.78 is 18.7. The molecule has 8 nitrogen and oxygen atoms in total. The van der Waals surface area contributed by atoms with Gasteiger partial charge in [-0.3, -0.25) is 9.78 Å². The highest BCUT2D eigenvalue weighted by atomic mass is 16.5. The van der Waals surface area contributed by atoms with E-state index in [-0.39, 0.29) is 5.91 Å². The molecule has 4 aromatic rings. The first kappa shape index (κ1) is 24.5. The van der Waals surface area contributed by atoms with Crippen molar-refractivity contribution in [2.45, 2.75) is 12.8 Å². The molecular weight excluding hydrogens is 480 g/mol. The number of pyridine rings is 1. The van der Waals surface area contributed by atoms with Crippen LogP contribution in [0.3, 0.4) is 0 Å². The van der Waals surface area contributed by atoms with Crippen molar-refractivity contribution in [3.8, 4) is 23.0 Å². The van der Waals surface area contributed by atoms with Gasteiger partial charge in [0.05, 0.1) is 24.1 Å². The van der Waals surface area contributed by atoms with E-state index in [1.54, 1.807) is 13.2 Å². The van der Waals surface area contributed by atoms with Crippen molar-refractivity contribution in [3.63, 3.8) is 0 Å². The molecule has 0 radical (unpaired) electrons. The summed E-state index contributed by atoms with van der Waals surface area (Å²) in [5.74, 6) is 2.86. The monoisotopic (exact) mass is 512 g/mol. The van der Waals surface area contributed by atoms with Crippen molar-refractivity contribution in [2.75, 3.05) is 53.0 Å². The summed E-state index contributed by atoms with van der Waals surface area (Å²) in [5.41, 5.74) is 2.54. The molecule has 1 aromatic heterocycles.